The van der Waals surface area contributed by atoms with Gasteiger partial charge in [-0.1, -0.05) is 0 Å². The van der Waals surface area contributed by atoms with Crippen molar-refractivity contribution in [3.63, 3.8) is 0 Å². The van der Waals surface area contributed by atoms with E-state index in [0.29, 0.717) is 0 Å². The van der Waals surface area contributed by atoms with Crippen LogP contribution in [0.5, 0.6) is 0 Å². The van der Waals surface area contributed by atoms with E-state index in [4.69, 9.17) is 9.79 Å². The molecule has 0 aliphatic heterocycles. The van der Waals surface area contributed by atoms with E-state index < -0.39 is 16.7 Å². The summed E-state index contributed by atoms with van der Waals surface area (Å²) in [5.74, 6) is -0.216. The first-order valence-corrected chi connectivity index (χ1v) is 6.70. The van der Waals surface area contributed by atoms with Gasteiger partial charge in [-0.3, -0.25) is 0 Å². The smallest absolute Gasteiger partial charge is 0.269 e. The van der Waals surface area contributed by atoms with Gasteiger partial charge in [-0.15, -0.1) is 4.49 Å². The van der Waals surface area contributed by atoms with Gasteiger partial charge in [0, 0.05) is 0 Å². The highest BCUT2D eigenvalue weighted by Crippen LogP contribution is 2.29. The molecular formula is C2H8NO4PS2. The minimum Gasteiger partial charge on any atom is -0.333 e. The van der Waals surface area contributed by atoms with E-state index in [2.05, 4.69) is 11.8 Å². The van der Waals surface area contributed by atoms with Gasteiger partial charge in [-0.05, 0) is 18.7 Å². The van der Waals surface area contributed by atoms with Gasteiger partial charge in [0.15, 0.2) is 0 Å². The lowest BCUT2D eigenvalue weighted by molar-refractivity contribution is 0.472. The molecule has 0 aromatic rings. The predicted molar refractivity (Wildman–Crippen MR) is 41.3 cm³/mol. The van der Waals surface area contributed by atoms with Gasteiger partial charge in [-0.25, -0.2) is 8.42 Å². The molecule has 0 saturated carbocycles. The van der Waals surface area contributed by atoms with Crippen LogP contribution >= 0.6 is 6.64 Å². The third-order valence-corrected chi connectivity index (χ3v) is 4.13. The Balaban J connectivity index is 4.33. The van der Waals surface area contributed by atoms with E-state index in [1.807, 2.05) is 0 Å². The van der Waals surface area contributed by atoms with Crippen LogP contribution in [0.25, 0.3) is 0 Å². The zero-order chi connectivity index (χ0) is 8.41. The van der Waals surface area contributed by atoms with Crippen LogP contribution in [-0.4, -0.2) is 24.0 Å². The van der Waals surface area contributed by atoms with Gasteiger partial charge in [0.05, 0.1) is 5.75 Å². The molecule has 0 amide bonds. The van der Waals surface area contributed by atoms with E-state index >= 15 is 0 Å². The van der Waals surface area contributed by atoms with Gasteiger partial charge < -0.3 is 9.79 Å². The standard InChI is InChI=1S/C2H8NO4PS2/c1-2-10(6,7)3-8(4,5)9/h2H2,1H3,(H3,3,4,5,9). The average Bonchev–Trinajstić information content (AvgIpc) is 1.60. The Morgan fingerprint density at radius 1 is 1.60 bits per heavy atom. The van der Waals surface area contributed by atoms with Crippen LogP contribution in [0.3, 0.4) is 0 Å². The molecule has 0 aromatic carbocycles. The lowest BCUT2D eigenvalue weighted by Gasteiger charge is -2.07. The maximum atomic E-state index is 10.5. The summed E-state index contributed by atoms with van der Waals surface area (Å²) in [4.78, 5) is 17.0. The Kier molecular flexibility index (Phi) is 3.41. The Bertz CT molecular complexity index is 240. The molecule has 3 N–H and O–H groups in total. The topological polar surface area (TPSA) is 86.6 Å². The first kappa shape index (κ1) is 10.5. The van der Waals surface area contributed by atoms with Crippen molar-refractivity contribution >= 4 is 28.5 Å². The third-order valence-electron chi connectivity index (χ3n) is 0.638. The van der Waals surface area contributed by atoms with Crippen LogP contribution in [0, 0.1) is 0 Å². The molecule has 5 nitrogen and oxygen atoms in total. The van der Waals surface area contributed by atoms with Crippen molar-refractivity contribution in [3.8, 4) is 0 Å². The van der Waals surface area contributed by atoms with Crippen LogP contribution in [0.4, 0.5) is 0 Å². The van der Waals surface area contributed by atoms with E-state index in [9.17, 15) is 8.42 Å². The maximum absolute atomic E-state index is 10.5. The monoisotopic (exact) mass is 205 g/mol. The summed E-state index contributed by atoms with van der Waals surface area (Å²) in [5, 5.41) is 0. The van der Waals surface area contributed by atoms with Crippen LogP contribution in [0.2, 0.25) is 0 Å². The van der Waals surface area contributed by atoms with Gasteiger partial charge in [0.1, 0.15) is 0 Å². The summed E-state index contributed by atoms with van der Waals surface area (Å²) in [6, 6.07) is 0. The molecule has 8 heteroatoms. The SMILES string of the molecule is CCS(=O)(=O)NP(O)(O)=S. The Hall–Kier alpha value is 0.480. The van der Waals surface area contributed by atoms with E-state index in [1.54, 1.807) is 4.49 Å². The number of hydrogen-bond acceptors (Lipinski definition) is 3. The highest BCUT2D eigenvalue weighted by molar-refractivity contribution is 8.13. The predicted octanol–water partition coefficient (Wildman–Crippen LogP) is -0.865. The summed E-state index contributed by atoms with van der Waals surface area (Å²) in [7, 11) is -3.58. The second-order valence-electron chi connectivity index (χ2n) is 1.54. The number of hydrogen-bond donors (Lipinski definition) is 3. The van der Waals surface area contributed by atoms with Gasteiger partial charge in [-0.2, -0.15) is 0 Å². The summed E-state index contributed by atoms with van der Waals surface area (Å²) in [5.41, 5.74) is 0. The van der Waals surface area contributed by atoms with Crippen LogP contribution in [-0.2, 0) is 21.8 Å². The molecule has 0 aliphatic rings. The molecule has 0 aliphatic carbocycles. The fraction of sp³-hybridized carbons (Fsp3) is 1.00. The molecule has 0 aromatic heterocycles. The fourth-order valence-electron chi connectivity index (χ4n) is 0.246. The van der Waals surface area contributed by atoms with Crippen molar-refractivity contribution in [3.05, 3.63) is 0 Å². The van der Waals surface area contributed by atoms with Crippen molar-refractivity contribution < 1.29 is 18.2 Å². The molecular weight excluding hydrogens is 197 g/mol. The van der Waals surface area contributed by atoms with E-state index in [-0.39, 0.29) is 5.75 Å². The molecule has 0 unspecified atom stereocenters. The van der Waals surface area contributed by atoms with Crippen molar-refractivity contribution in [2.24, 2.45) is 0 Å². The Morgan fingerprint density at radius 2 is 2.00 bits per heavy atom. The molecule has 0 atom stereocenters. The zero-order valence-electron chi connectivity index (χ0n) is 5.18. The van der Waals surface area contributed by atoms with Crippen LogP contribution in [0.15, 0.2) is 0 Å². The maximum Gasteiger partial charge on any atom is 0.269 e. The molecule has 62 valence electrons. The van der Waals surface area contributed by atoms with Gasteiger partial charge in [0.25, 0.3) is 6.64 Å². The number of nitrogens with one attached hydrogen (secondary N) is 1. The van der Waals surface area contributed by atoms with Gasteiger partial charge in [0.2, 0.25) is 10.0 Å². The van der Waals surface area contributed by atoms with E-state index in [0.717, 1.165) is 0 Å². The van der Waals surface area contributed by atoms with Gasteiger partial charge >= 0.3 is 0 Å². The van der Waals surface area contributed by atoms with Crippen molar-refractivity contribution in [2.45, 2.75) is 6.92 Å². The van der Waals surface area contributed by atoms with Crippen molar-refractivity contribution in [1.82, 2.24) is 4.49 Å². The molecule has 0 heterocycles. The molecule has 0 saturated heterocycles. The van der Waals surface area contributed by atoms with Crippen molar-refractivity contribution in [2.75, 3.05) is 5.75 Å². The second-order valence-corrected chi connectivity index (χ2v) is 6.69. The molecule has 0 radical (unpaired) electrons. The first-order valence-electron chi connectivity index (χ1n) is 2.34. The van der Waals surface area contributed by atoms with Crippen LogP contribution < -0.4 is 4.49 Å². The minimum absolute atomic E-state index is 0.216. The number of sulfonamides is 1. The second kappa shape index (κ2) is 3.25. The summed E-state index contributed by atoms with van der Waals surface area (Å²) < 4.78 is 22.6. The summed E-state index contributed by atoms with van der Waals surface area (Å²) in [6.45, 7) is -2.44. The molecule has 0 fully saturated rings. The Labute approximate surface area is 64.4 Å². The largest absolute Gasteiger partial charge is 0.333 e. The van der Waals surface area contributed by atoms with Crippen molar-refractivity contribution in [1.29, 1.82) is 0 Å². The molecule has 10 heavy (non-hydrogen) atoms. The normalized spacial score (nSPS) is 13.5. The summed E-state index contributed by atoms with van der Waals surface area (Å²) >= 11 is 4.03. The highest BCUT2D eigenvalue weighted by atomic mass is 32.5. The fourth-order valence-corrected chi connectivity index (χ4v) is 3.23. The third kappa shape index (κ3) is 5.28. The lowest BCUT2D eigenvalue weighted by atomic mass is 11.0. The molecule has 0 rings (SSSR count). The van der Waals surface area contributed by atoms with Crippen LogP contribution in [0.1, 0.15) is 6.92 Å². The van der Waals surface area contributed by atoms with E-state index in [1.165, 1.54) is 6.92 Å². The highest BCUT2D eigenvalue weighted by Gasteiger charge is 2.16. The summed E-state index contributed by atoms with van der Waals surface area (Å²) in [6.07, 6.45) is 0. The average molecular weight is 205 g/mol. The quantitative estimate of drug-likeness (QED) is 0.522. The first-order chi connectivity index (χ1) is 4.27. The lowest BCUT2D eigenvalue weighted by Crippen LogP contribution is -2.21. The number of rotatable bonds is 3. The molecule has 0 spiro atoms. The zero-order valence-corrected chi connectivity index (χ0v) is 7.71. The molecule has 0 bridgehead atoms. The Morgan fingerprint density at radius 3 is 2.10 bits per heavy atom. The minimum atomic E-state index is -3.81.